The first-order valence-electron chi connectivity index (χ1n) is 19.5. The van der Waals surface area contributed by atoms with Crippen molar-refractivity contribution < 1.29 is 4.42 Å². The largest absolute Gasteiger partial charge is 0.454 e. The number of fused-ring (bicyclic) bond motifs is 9. The molecule has 5 nitrogen and oxygen atoms in total. The van der Waals surface area contributed by atoms with E-state index in [9.17, 15) is 0 Å². The molecule has 0 aliphatic rings. The molecule has 0 saturated carbocycles. The highest BCUT2D eigenvalue weighted by atomic mass is 16.3. The van der Waals surface area contributed by atoms with Crippen LogP contribution < -0.4 is 0 Å². The van der Waals surface area contributed by atoms with E-state index < -0.39 is 0 Å². The zero-order valence-electron chi connectivity index (χ0n) is 31.2. The number of pyridine rings is 1. The van der Waals surface area contributed by atoms with Gasteiger partial charge in [0.2, 0.25) is 0 Å². The summed E-state index contributed by atoms with van der Waals surface area (Å²) < 4.78 is 8.67. The van der Waals surface area contributed by atoms with E-state index in [0.717, 1.165) is 77.9 Å². The fourth-order valence-electron chi connectivity index (χ4n) is 8.59. The fraction of sp³-hybridized carbons (Fsp3) is 0. The number of hydrogen-bond acceptors (Lipinski definition) is 4. The van der Waals surface area contributed by atoms with Crippen LogP contribution in [0.25, 0.3) is 116 Å². The first-order valence-corrected chi connectivity index (χ1v) is 19.5. The molecule has 4 heterocycles. The lowest BCUT2D eigenvalue weighted by atomic mass is 10.00. The van der Waals surface area contributed by atoms with Gasteiger partial charge in [0.05, 0.1) is 28.1 Å². The van der Waals surface area contributed by atoms with Crippen LogP contribution in [-0.4, -0.2) is 19.5 Å². The molecule has 0 aliphatic heterocycles. The molecule has 0 radical (unpaired) electrons. The van der Waals surface area contributed by atoms with Gasteiger partial charge >= 0.3 is 0 Å². The normalized spacial score (nSPS) is 11.8. The second-order valence-corrected chi connectivity index (χ2v) is 14.8. The molecule has 0 saturated heterocycles. The Morgan fingerprint density at radius 2 is 0.931 bits per heavy atom. The van der Waals surface area contributed by atoms with E-state index >= 15 is 0 Å². The monoisotopic (exact) mass is 740 g/mol. The van der Waals surface area contributed by atoms with Gasteiger partial charge in [-0.2, -0.15) is 0 Å². The Kier molecular flexibility index (Phi) is 7.16. The molecule has 270 valence electrons. The molecular formula is C53H32N4O. The molecule has 5 heteroatoms. The predicted octanol–water partition coefficient (Wildman–Crippen LogP) is 13.8. The summed E-state index contributed by atoms with van der Waals surface area (Å²) in [6.07, 6.45) is 0. The second-order valence-electron chi connectivity index (χ2n) is 14.8. The molecule has 12 rings (SSSR count). The Bertz CT molecular complexity index is 3510. The van der Waals surface area contributed by atoms with Crippen molar-refractivity contribution in [1.29, 1.82) is 0 Å². The topological polar surface area (TPSA) is 56.7 Å². The summed E-state index contributed by atoms with van der Waals surface area (Å²) in [5.74, 6) is 0.670. The highest BCUT2D eigenvalue weighted by Crippen LogP contribution is 2.39. The van der Waals surface area contributed by atoms with Gasteiger partial charge in [0.15, 0.2) is 11.4 Å². The summed E-state index contributed by atoms with van der Waals surface area (Å²) >= 11 is 0. The van der Waals surface area contributed by atoms with Gasteiger partial charge in [-0.25, -0.2) is 15.0 Å². The highest BCUT2D eigenvalue weighted by molar-refractivity contribution is 6.16. The van der Waals surface area contributed by atoms with Crippen molar-refractivity contribution >= 4 is 65.4 Å². The Balaban J connectivity index is 0.983. The zero-order chi connectivity index (χ0) is 38.2. The maximum atomic E-state index is 6.33. The molecule has 8 aromatic carbocycles. The molecule has 0 atom stereocenters. The number of benzene rings is 8. The van der Waals surface area contributed by atoms with Gasteiger partial charge in [-0.3, -0.25) is 0 Å². The molecule has 58 heavy (non-hydrogen) atoms. The van der Waals surface area contributed by atoms with Crippen LogP contribution in [0.2, 0.25) is 0 Å². The van der Waals surface area contributed by atoms with E-state index in [1.165, 1.54) is 32.6 Å². The summed E-state index contributed by atoms with van der Waals surface area (Å²) in [5, 5.41) is 7.95. The summed E-state index contributed by atoms with van der Waals surface area (Å²) in [7, 11) is 0. The SMILES string of the molecule is c1ccc2cc(-c3cc(-c4ccc(-c5nc6c7ccccc7oc6c6ccccc56)cc4)nc(-c4ccc(-n5c6ccccc6c6ccccc65)cc4)n3)ccc2c1. The molecule has 0 spiro atoms. The van der Waals surface area contributed by atoms with Crippen LogP contribution in [-0.2, 0) is 0 Å². The first kappa shape index (κ1) is 32.4. The number of furan rings is 1. The summed E-state index contributed by atoms with van der Waals surface area (Å²) in [6, 6.07) is 67.9. The molecular weight excluding hydrogens is 709 g/mol. The minimum atomic E-state index is 0.670. The number of aromatic nitrogens is 4. The van der Waals surface area contributed by atoms with E-state index in [0.29, 0.717) is 5.82 Å². The highest BCUT2D eigenvalue weighted by Gasteiger charge is 2.18. The molecule has 12 aromatic rings. The molecule has 0 unspecified atom stereocenters. The predicted molar refractivity (Wildman–Crippen MR) is 238 cm³/mol. The number of para-hydroxylation sites is 3. The molecule has 0 N–H and O–H groups in total. The van der Waals surface area contributed by atoms with Crippen molar-refractivity contribution in [3.05, 3.63) is 194 Å². The van der Waals surface area contributed by atoms with Crippen molar-refractivity contribution in [2.75, 3.05) is 0 Å². The van der Waals surface area contributed by atoms with Gasteiger partial charge in [0.1, 0.15) is 11.1 Å². The maximum Gasteiger partial charge on any atom is 0.161 e. The Labute approximate surface area is 333 Å². The van der Waals surface area contributed by atoms with Crippen LogP contribution in [0.4, 0.5) is 0 Å². The van der Waals surface area contributed by atoms with Crippen molar-refractivity contribution in [3.63, 3.8) is 0 Å². The zero-order valence-corrected chi connectivity index (χ0v) is 31.2. The summed E-state index contributed by atoms with van der Waals surface area (Å²) in [6.45, 7) is 0. The Hall–Kier alpha value is -7.89. The van der Waals surface area contributed by atoms with E-state index in [1.54, 1.807) is 0 Å². The average molecular weight is 741 g/mol. The lowest BCUT2D eigenvalue weighted by molar-refractivity contribution is 0.672. The van der Waals surface area contributed by atoms with Crippen LogP contribution in [0.15, 0.2) is 199 Å². The smallest absolute Gasteiger partial charge is 0.161 e. The maximum absolute atomic E-state index is 6.33. The molecule has 0 bridgehead atoms. The summed E-state index contributed by atoms with van der Waals surface area (Å²) in [5.41, 5.74) is 12.6. The minimum Gasteiger partial charge on any atom is -0.454 e. The minimum absolute atomic E-state index is 0.670. The van der Waals surface area contributed by atoms with Crippen molar-refractivity contribution in [2.24, 2.45) is 0 Å². The van der Waals surface area contributed by atoms with Gasteiger partial charge in [-0.15, -0.1) is 0 Å². The van der Waals surface area contributed by atoms with Gasteiger partial charge in [0, 0.05) is 54.9 Å². The Morgan fingerprint density at radius 1 is 0.379 bits per heavy atom. The molecule has 4 aromatic heterocycles. The third-order valence-corrected chi connectivity index (χ3v) is 11.4. The van der Waals surface area contributed by atoms with Gasteiger partial charge in [-0.1, -0.05) is 133 Å². The van der Waals surface area contributed by atoms with Gasteiger partial charge < -0.3 is 8.98 Å². The second kappa shape index (κ2) is 12.8. The van der Waals surface area contributed by atoms with Crippen molar-refractivity contribution in [1.82, 2.24) is 19.5 Å². The van der Waals surface area contributed by atoms with Crippen molar-refractivity contribution in [2.45, 2.75) is 0 Å². The van der Waals surface area contributed by atoms with Gasteiger partial charge in [0.25, 0.3) is 0 Å². The lowest BCUT2D eigenvalue weighted by Crippen LogP contribution is -1.97. The molecule has 0 fully saturated rings. The first-order chi connectivity index (χ1) is 28.7. The van der Waals surface area contributed by atoms with Crippen LogP contribution in [0, 0.1) is 0 Å². The average Bonchev–Trinajstić information content (AvgIpc) is 3.85. The number of rotatable bonds is 5. The standard InChI is InChI=1S/C53H32N4O/c1-2-12-37-31-38(26-21-33(37)11-1)46-32-45(54-53(55-46)36-27-29-39(30-28-36)57-47-18-8-5-13-40(47)41-14-6-9-19-48(41)57)34-22-24-35(25-23-34)50-42-15-3-4-16-43(42)52-51(56-50)44-17-7-10-20-49(44)58-52/h1-32H. The number of hydrogen-bond donors (Lipinski definition) is 0. The molecule has 0 aliphatic carbocycles. The molecule has 0 amide bonds. The van der Waals surface area contributed by atoms with Crippen LogP contribution in [0.1, 0.15) is 0 Å². The quantitative estimate of drug-likeness (QED) is 0.176. The van der Waals surface area contributed by atoms with E-state index in [2.05, 4.69) is 180 Å². The van der Waals surface area contributed by atoms with Gasteiger partial charge in [-0.05, 0) is 71.4 Å². The van der Waals surface area contributed by atoms with E-state index in [1.807, 2.05) is 18.2 Å². The van der Waals surface area contributed by atoms with E-state index in [4.69, 9.17) is 19.4 Å². The Morgan fingerprint density at radius 3 is 1.67 bits per heavy atom. The third kappa shape index (κ3) is 5.14. The summed E-state index contributed by atoms with van der Waals surface area (Å²) in [4.78, 5) is 15.7. The number of nitrogens with zero attached hydrogens (tertiary/aromatic N) is 4. The third-order valence-electron chi connectivity index (χ3n) is 11.4. The van der Waals surface area contributed by atoms with Crippen LogP contribution in [0.5, 0.6) is 0 Å². The fourth-order valence-corrected chi connectivity index (χ4v) is 8.59. The van der Waals surface area contributed by atoms with E-state index in [-0.39, 0.29) is 0 Å². The van der Waals surface area contributed by atoms with Crippen molar-refractivity contribution in [3.8, 4) is 50.8 Å². The van der Waals surface area contributed by atoms with Crippen LogP contribution in [0.3, 0.4) is 0 Å². The van der Waals surface area contributed by atoms with Crippen LogP contribution >= 0.6 is 0 Å². The lowest BCUT2D eigenvalue weighted by Gasteiger charge is -2.12.